The van der Waals surface area contributed by atoms with E-state index in [9.17, 15) is 18.0 Å². The van der Waals surface area contributed by atoms with E-state index in [-0.39, 0.29) is 5.56 Å². The van der Waals surface area contributed by atoms with Crippen LogP contribution < -0.4 is 5.32 Å². The molecule has 0 spiro atoms. The van der Waals surface area contributed by atoms with Crippen LogP contribution in [0.5, 0.6) is 0 Å². The first-order valence-corrected chi connectivity index (χ1v) is 7.64. The number of carbonyl (C=O) groups excluding carboxylic acids is 1. The van der Waals surface area contributed by atoms with Gasteiger partial charge >= 0.3 is 12.2 Å². The molecule has 0 saturated carbocycles. The van der Waals surface area contributed by atoms with Crippen molar-refractivity contribution in [3.63, 3.8) is 0 Å². The van der Waals surface area contributed by atoms with Crippen molar-refractivity contribution in [3.8, 4) is 0 Å². The van der Waals surface area contributed by atoms with E-state index in [4.69, 9.17) is 0 Å². The number of benzene rings is 1. The number of urea groups is 1. The number of amides is 2. The largest absolute Gasteiger partial charge is 0.412 e. The molecule has 1 saturated heterocycles. The Labute approximate surface area is 134 Å². The molecule has 2 amide bonds. The topological polar surface area (TPSA) is 35.6 Å². The van der Waals surface area contributed by atoms with Crippen molar-refractivity contribution in [3.05, 3.63) is 35.4 Å². The molecule has 0 unspecified atom stereocenters. The molecule has 0 radical (unpaired) electrons. The van der Waals surface area contributed by atoms with Crippen molar-refractivity contribution in [2.45, 2.75) is 25.6 Å². The first-order chi connectivity index (χ1) is 10.8. The van der Waals surface area contributed by atoms with E-state index in [0.29, 0.717) is 19.6 Å². The fraction of sp³-hybridized carbons (Fsp3) is 0.562. The summed E-state index contributed by atoms with van der Waals surface area (Å²) in [6.07, 6.45) is -3.78. The Kier molecular flexibility index (Phi) is 5.51. The smallest absolute Gasteiger partial charge is 0.323 e. The Hall–Kier alpha value is -1.76. The van der Waals surface area contributed by atoms with E-state index in [1.807, 2.05) is 7.05 Å². The van der Waals surface area contributed by atoms with Crippen molar-refractivity contribution in [2.75, 3.05) is 33.2 Å². The molecule has 0 bridgehead atoms. The highest BCUT2D eigenvalue weighted by Gasteiger charge is 2.42. The lowest BCUT2D eigenvalue weighted by Gasteiger charge is -2.27. The number of halogens is 3. The number of alkyl halides is 3. The summed E-state index contributed by atoms with van der Waals surface area (Å²) in [5.74, 6) is 0. The van der Waals surface area contributed by atoms with Gasteiger partial charge < -0.3 is 15.1 Å². The summed E-state index contributed by atoms with van der Waals surface area (Å²) in [6.45, 7) is 4.12. The molecular weight excluding hydrogens is 307 g/mol. The number of hydrogen-bond donors (Lipinski definition) is 1. The van der Waals surface area contributed by atoms with E-state index >= 15 is 0 Å². The summed E-state index contributed by atoms with van der Waals surface area (Å²) < 4.78 is 40.1. The lowest BCUT2D eigenvalue weighted by molar-refractivity contribution is -0.155. The summed E-state index contributed by atoms with van der Waals surface area (Å²) >= 11 is 0. The minimum absolute atomic E-state index is 0.0535. The summed E-state index contributed by atoms with van der Waals surface area (Å²) in [7, 11) is 1.94. The zero-order chi connectivity index (χ0) is 17.0. The van der Waals surface area contributed by atoms with Crippen molar-refractivity contribution in [2.24, 2.45) is 0 Å². The molecule has 0 aliphatic carbocycles. The van der Waals surface area contributed by atoms with Crippen molar-refractivity contribution >= 4 is 6.03 Å². The lowest BCUT2D eigenvalue weighted by atomic mass is 10.0. The van der Waals surface area contributed by atoms with E-state index in [0.717, 1.165) is 18.5 Å². The number of likely N-dealkylation sites (N-methyl/N-ethyl adjacent to an activating group) is 1. The Morgan fingerprint density at radius 3 is 2.61 bits per heavy atom. The van der Waals surface area contributed by atoms with Crippen LogP contribution in [0.25, 0.3) is 0 Å². The van der Waals surface area contributed by atoms with Crippen molar-refractivity contribution < 1.29 is 18.0 Å². The number of aryl methyl sites for hydroxylation is 1. The minimum atomic E-state index is -4.54. The average Bonchev–Trinajstić information content (AvgIpc) is 2.68. The van der Waals surface area contributed by atoms with Gasteiger partial charge in [0, 0.05) is 19.6 Å². The fourth-order valence-corrected chi connectivity index (χ4v) is 2.67. The van der Waals surface area contributed by atoms with Gasteiger partial charge in [-0.15, -0.1) is 0 Å². The molecule has 23 heavy (non-hydrogen) atoms. The van der Waals surface area contributed by atoms with Gasteiger partial charge in [0.1, 0.15) is 0 Å². The van der Waals surface area contributed by atoms with Gasteiger partial charge in [0.15, 0.2) is 6.04 Å². The van der Waals surface area contributed by atoms with Crippen molar-refractivity contribution in [1.29, 1.82) is 0 Å². The molecule has 1 heterocycles. The molecule has 0 aromatic heterocycles. The molecule has 1 aromatic rings. The first kappa shape index (κ1) is 17.6. The summed E-state index contributed by atoms with van der Waals surface area (Å²) in [4.78, 5) is 15.8. The maximum absolute atomic E-state index is 13.4. The predicted octanol–water partition coefficient (Wildman–Crippen LogP) is 2.95. The van der Waals surface area contributed by atoms with E-state index in [1.165, 1.54) is 17.0 Å². The molecule has 1 atom stereocenters. The van der Waals surface area contributed by atoms with Crippen LogP contribution in [-0.4, -0.2) is 55.2 Å². The molecule has 2 rings (SSSR count). The second-order valence-corrected chi connectivity index (χ2v) is 5.98. The molecular formula is C16H22F3N3O. The third-order valence-corrected chi connectivity index (χ3v) is 3.98. The molecule has 1 aliphatic rings. The number of nitrogens with zero attached hydrogens (tertiary/aromatic N) is 2. The highest BCUT2D eigenvalue weighted by Crippen LogP contribution is 2.33. The van der Waals surface area contributed by atoms with Crippen molar-refractivity contribution in [1.82, 2.24) is 15.1 Å². The molecule has 4 nitrogen and oxygen atoms in total. The number of hydrogen-bond acceptors (Lipinski definition) is 2. The number of carbonyl (C=O) groups is 1. The molecule has 1 fully saturated rings. The number of rotatable bonds is 2. The molecule has 128 valence electrons. The Bertz CT molecular complexity index is 548. The van der Waals surface area contributed by atoms with E-state index in [1.54, 1.807) is 19.1 Å². The van der Waals surface area contributed by atoms with E-state index < -0.39 is 18.2 Å². The minimum Gasteiger partial charge on any atom is -0.323 e. The SMILES string of the molecule is Cc1cccc([C@@H](NC(=O)N2CCCN(C)CC2)C(F)(F)F)c1. The normalized spacial score (nSPS) is 18.4. The van der Waals surface area contributed by atoms with Crippen LogP contribution in [0.15, 0.2) is 24.3 Å². The van der Waals surface area contributed by atoms with Gasteiger partial charge in [-0.2, -0.15) is 13.2 Å². The second kappa shape index (κ2) is 7.21. The lowest BCUT2D eigenvalue weighted by Crippen LogP contribution is -2.46. The Morgan fingerprint density at radius 2 is 1.96 bits per heavy atom. The predicted molar refractivity (Wildman–Crippen MR) is 82.2 cm³/mol. The quantitative estimate of drug-likeness (QED) is 0.905. The summed E-state index contributed by atoms with van der Waals surface area (Å²) in [5, 5.41) is 2.16. The molecule has 7 heteroatoms. The van der Waals surface area contributed by atoms with E-state index in [2.05, 4.69) is 10.2 Å². The van der Waals surface area contributed by atoms with Crippen LogP contribution >= 0.6 is 0 Å². The van der Waals surface area contributed by atoms with Gasteiger partial charge in [0.25, 0.3) is 0 Å². The Morgan fingerprint density at radius 1 is 1.22 bits per heavy atom. The standard InChI is InChI=1S/C16H22F3N3O/c1-12-5-3-6-13(11-12)14(16(17,18)19)20-15(23)22-8-4-7-21(2)9-10-22/h3,5-6,11,14H,4,7-10H2,1-2H3,(H,20,23)/t14-/m1/s1. The Balaban J connectivity index is 2.13. The van der Waals surface area contributed by atoms with Crippen LogP contribution in [0.1, 0.15) is 23.6 Å². The molecule has 1 aromatic carbocycles. The molecule has 1 N–H and O–H groups in total. The van der Waals surface area contributed by atoms with Gasteiger partial charge in [-0.3, -0.25) is 0 Å². The summed E-state index contributed by atoms with van der Waals surface area (Å²) in [6, 6.07) is 3.48. The van der Waals surface area contributed by atoms with Crippen LogP contribution in [0.3, 0.4) is 0 Å². The third kappa shape index (κ3) is 4.86. The maximum atomic E-state index is 13.4. The first-order valence-electron chi connectivity index (χ1n) is 7.64. The van der Waals surface area contributed by atoms with Crippen LogP contribution in [0.4, 0.5) is 18.0 Å². The van der Waals surface area contributed by atoms with Gasteiger partial charge in [-0.25, -0.2) is 4.79 Å². The van der Waals surface area contributed by atoms with Crippen LogP contribution in [0.2, 0.25) is 0 Å². The highest BCUT2D eigenvalue weighted by atomic mass is 19.4. The molecule has 1 aliphatic heterocycles. The zero-order valence-electron chi connectivity index (χ0n) is 13.4. The van der Waals surface area contributed by atoms with Gasteiger partial charge in [0.2, 0.25) is 0 Å². The number of nitrogens with one attached hydrogen (secondary N) is 1. The monoisotopic (exact) mass is 329 g/mol. The van der Waals surface area contributed by atoms with Crippen LogP contribution in [-0.2, 0) is 0 Å². The third-order valence-electron chi connectivity index (χ3n) is 3.98. The average molecular weight is 329 g/mol. The fourth-order valence-electron chi connectivity index (χ4n) is 2.67. The maximum Gasteiger partial charge on any atom is 0.412 e. The second-order valence-electron chi connectivity index (χ2n) is 5.98. The zero-order valence-corrected chi connectivity index (χ0v) is 13.4. The van der Waals surface area contributed by atoms with Gasteiger partial charge in [0.05, 0.1) is 0 Å². The van der Waals surface area contributed by atoms with Gasteiger partial charge in [-0.05, 0) is 32.5 Å². The highest BCUT2D eigenvalue weighted by molar-refractivity contribution is 5.75. The summed E-state index contributed by atoms with van der Waals surface area (Å²) in [5.41, 5.74) is 0.778. The van der Waals surface area contributed by atoms with Gasteiger partial charge in [-0.1, -0.05) is 29.8 Å². The van der Waals surface area contributed by atoms with Crippen LogP contribution in [0, 0.1) is 6.92 Å².